The number of unbranched alkanes of at least 4 members (excludes halogenated alkanes) is 1. The Hall–Kier alpha value is -1.09. The van der Waals surface area contributed by atoms with Crippen LogP contribution in [0.25, 0.3) is 0 Å². The van der Waals surface area contributed by atoms with Crippen LogP contribution in [0, 0.1) is 5.92 Å². The molecular weight excluding hydrogens is 250 g/mol. The van der Waals surface area contributed by atoms with E-state index in [1.807, 2.05) is 0 Å². The number of hydrogen-bond donors (Lipinski definition) is 0. The highest BCUT2D eigenvalue weighted by atomic mass is 35.5. The number of hydrogen-bond acceptors (Lipinski definition) is 3. The molecule has 1 unspecified atom stereocenters. The molecule has 1 atom stereocenters. The monoisotopic (exact) mass is 269 g/mol. The first-order valence-corrected chi connectivity index (χ1v) is 6.83. The topological polar surface area (TPSA) is 39.2 Å². The van der Waals surface area contributed by atoms with Gasteiger partial charge in [0.2, 0.25) is 0 Å². The molecule has 4 heteroatoms. The van der Waals surface area contributed by atoms with Gasteiger partial charge in [-0.1, -0.05) is 44.7 Å². The number of carbonyl (C=O) groups excluding carboxylic acids is 1. The molecule has 0 bridgehead atoms. The zero-order valence-corrected chi connectivity index (χ0v) is 11.7. The Morgan fingerprint density at radius 3 is 2.89 bits per heavy atom. The first kappa shape index (κ1) is 15.0. The molecule has 18 heavy (non-hydrogen) atoms. The van der Waals surface area contributed by atoms with Crippen molar-refractivity contribution < 1.29 is 9.53 Å². The molecule has 3 nitrogen and oxygen atoms in total. The molecule has 1 aromatic rings. The molecule has 0 aliphatic rings. The second-order valence-electron chi connectivity index (χ2n) is 4.38. The lowest BCUT2D eigenvalue weighted by molar-refractivity contribution is 0.0428. The Balaban J connectivity index is 2.44. The van der Waals surface area contributed by atoms with Crippen LogP contribution in [0.4, 0.5) is 0 Å². The summed E-state index contributed by atoms with van der Waals surface area (Å²) < 4.78 is 5.31. The van der Waals surface area contributed by atoms with E-state index in [9.17, 15) is 4.79 Å². The minimum Gasteiger partial charge on any atom is -0.462 e. The smallest absolute Gasteiger partial charge is 0.338 e. The molecule has 0 saturated heterocycles. The van der Waals surface area contributed by atoms with Crippen LogP contribution in [0.2, 0.25) is 5.15 Å². The van der Waals surface area contributed by atoms with Crippen molar-refractivity contribution in [1.82, 2.24) is 4.98 Å². The van der Waals surface area contributed by atoms with Crippen LogP contribution in [0.5, 0.6) is 0 Å². The summed E-state index contributed by atoms with van der Waals surface area (Å²) in [6.07, 6.45) is 6.00. The quantitative estimate of drug-likeness (QED) is 0.552. The molecule has 0 saturated carbocycles. The molecule has 0 amide bonds. The first-order valence-electron chi connectivity index (χ1n) is 6.46. The maximum absolute atomic E-state index is 11.8. The van der Waals surface area contributed by atoms with Crippen LogP contribution in [-0.4, -0.2) is 17.6 Å². The molecule has 0 radical (unpaired) electrons. The number of nitrogens with zero attached hydrogens (tertiary/aromatic N) is 1. The predicted octanol–water partition coefficient (Wildman–Crippen LogP) is 4.11. The molecule has 1 rings (SSSR count). The molecular formula is C14H20ClNO2. The summed E-state index contributed by atoms with van der Waals surface area (Å²) in [7, 11) is 0. The standard InChI is InChI=1S/C14H20ClNO2/c1-3-5-6-11(4-2)10-18-14(17)12-7-8-16-13(15)9-12/h7-9,11H,3-6,10H2,1-2H3. The van der Waals surface area contributed by atoms with Gasteiger partial charge in [0.25, 0.3) is 0 Å². The fourth-order valence-corrected chi connectivity index (χ4v) is 1.88. The van der Waals surface area contributed by atoms with Crippen molar-refractivity contribution in [3.05, 3.63) is 29.0 Å². The van der Waals surface area contributed by atoms with Gasteiger partial charge >= 0.3 is 5.97 Å². The number of ether oxygens (including phenoxy) is 1. The number of pyridine rings is 1. The third-order valence-electron chi connectivity index (χ3n) is 2.96. The maximum Gasteiger partial charge on any atom is 0.338 e. The summed E-state index contributed by atoms with van der Waals surface area (Å²) in [5.74, 6) is 0.125. The number of halogens is 1. The van der Waals surface area contributed by atoms with E-state index >= 15 is 0 Å². The minimum atomic E-state index is -0.325. The van der Waals surface area contributed by atoms with E-state index in [2.05, 4.69) is 18.8 Å². The number of rotatable bonds is 7. The van der Waals surface area contributed by atoms with Crippen LogP contribution < -0.4 is 0 Å². The van der Waals surface area contributed by atoms with E-state index in [1.54, 1.807) is 6.07 Å². The number of esters is 1. The lowest BCUT2D eigenvalue weighted by atomic mass is 10.0. The summed E-state index contributed by atoms with van der Waals surface area (Å²) in [4.78, 5) is 15.6. The average Bonchev–Trinajstić information content (AvgIpc) is 2.38. The van der Waals surface area contributed by atoms with Crippen LogP contribution in [-0.2, 0) is 4.74 Å². The number of carbonyl (C=O) groups is 1. The van der Waals surface area contributed by atoms with Crippen molar-refractivity contribution in [3.8, 4) is 0 Å². The Morgan fingerprint density at radius 1 is 1.50 bits per heavy atom. The van der Waals surface area contributed by atoms with Gasteiger partial charge in [-0.3, -0.25) is 0 Å². The van der Waals surface area contributed by atoms with Gasteiger partial charge in [0.05, 0.1) is 12.2 Å². The molecule has 0 spiro atoms. The van der Waals surface area contributed by atoms with E-state index < -0.39 is 0 Å². The average molecular weight is 270 g/mol. The lowest BCUT2D eigenvalue weighted by Gasteiger charge is -2.14. The summed E-state index contributed by atoms with van der Waals surface area (Å²) in [6.45, 7) is 4.77. The first-order chi connectivity index (χ1) is 8.67. The molecule has 0 aliphatic heterocycles. The van der Waals surface area contributed by atoms with Gasteiger partial charge in [0.15, 0.2) is 0 Å². The van der Waals surface area contributed by atoms with Crippen LogP contribution in [0.1, 0.15) is 49.9 Å². The molecule has 0 fully saturated rings. The zero-order valence-electron chi connectivity index (χ0n) is 11.0. The second kappa shape index (κ2) is 8.09. The SMILES string of the molecule is CCCCC(CC)COC(=O)c1ccnc(Cl)c1. The largest absolute Gasteiger partial charge is 0.462 e. The van der Waals surface area contributed by atoms with Crippen molar-refractivity contribution in [3.63, 3.8) is 0 Å². The molecule has 0 aliphatic carbocycles. The highest BCUT2D eigenvalue weighted by Gasteiger charge is 2.12. The van der Waals surface area contributed by atoms with Gasteiger partial charge in [-0.15, -0.1) is 0 Å². The second-order valence-corrected chi connectivity index (χ2v) is 4.77. The highest BCUT2D eigenvalue weighted by molar-refractivity contribution is 6.29. The summed E-state index contributed by atoms with van der Waals surface area (Å²) >= 11 is 5.73. The fraction of sp³-hybridized carbons (Fsp3) is 0.571. The molecule has 1 aromatic heterocycles. The van der Waals surface area contributed by atoms with E-state index in [-0.39, 0.29) is 5.97 Å². The normalized spacial score (nSPS) is 12.2. The summed E-state index contributed by atoms with van der Waals surface area (Å²) in [6, 6.07) is 3.14. The van der Waals surface area contributed by atoms with Gasteiger partial charge in [-0.2, -0.15) is 0 Å². The Morgan fingerprint density at radius 2 is 2.28 bits per heavy atom. The van der Waals surface area contributed by atoms with Gasteiger partial charge in [0, 0.05) is 6.20 Å². The molecule has 0 aromatic carbocycles. The van der Waals surface area contributed by atoms with Gasteiger partial charge < -0.3 is 4.74 Å². The van der Waals surface area contributed by atoms with E-state index in [0.717, 1.165) is 12.8 Å². The highest BCUT2D eigenvalue weighted by Crippen LogP contribution is 2.14. The maximum atomic E-state index is 11.8. The van der Waals surface area contributed by atoms with Crippen molar-refractivity contribution in [1.29, 1.82) is 0 Å². The molecule has 100 valence electrons. The Kier molecular flexibility index (Phi) is 6.73. The van der Waals surface area contributed by atoms with Crippen molar-refractivity contribution in [2.75, 3.05) is 6.61 Å². The van der Waals surface area contributed by atoms with Crippen molar-refractivity contribution in [2.45, 2.75) is 39.5 Å². The number of aromatic nitrogens is 1. The lowest BCUT2D eigenvalue weighted by Crippen LogP contribution is -2.14. The zero-order chi connectivity index (χ0) is 13.4. The Bertz CT molecular complexity index is 382. The fourth-order valence-electron chi connectivity index (χ4n) is 1.70. The van der Waals surface area contributed by atoms with E-state index in [1.165, 1.54) is 25.1 Å². The van der Waals surface area contributed by atoms with E-state index in [0.29, 0.717) is 23.2 Å². The molecule has 1 heterocycles. The van der Waals surface area contributed by atoms with Crippen molar-refractivity contribution in [2.24, 2.45) is 5.92 Å². The summed E-state index contributed by atoms with van der Waals surface area (Å²) in [5.41, 5.74) is 0.459. The molecule has 0 N–H and O–H groups in total. The van der Waals surface area contributed by atoms with Crippen LogP contribution in [0.15, 0.2) is 18.3 Å². The third kappa shape index (κ3) is 5.05. The van der Waals surface area contributed by atoms with Crippen LogP contribution >= 0.6 is 11.6 Å². The van der Waals surface area contributed by atoms with E-state index in [4.69, 9.17) is 16.3 Å². The van der Waals surface area contributed by atoms with Crippen molar-refractivity contribution >= 4 is 17.6 Å². The van der Waals surface area contributed by atoms with Gasteiger partial charge in [-0.25, -0.2) is 9.78 Å². The summed E-state index contributed by atoms with van der Waals surface area (Å²) in [5, 5.41) is 0.308. The minimum absolute atomic E-state index is 0.308. The van der Waals surface area contributed by atoms with Crippen LogP contribution in [0.3, 0.4) is 0 Å². The third-order valence-corrected chi connectivity index (χ3v) is 3.16. The van der Waals surface area contributed by atoms with Gasteiger partial charge in [-0.05, 0) is 24.5 Å². The van der Waals surface area contributed by atoms with Gasteiger partial charge in [0.1, 0.15) is 5.15 Å². The Labute approximate surface area is 114 Å². The predicted molar refractivity (Wildman–Crippen MR) is 72.8 cm³/mol.